The molecule has 0 radical (unpaired) electrons. The third kappa shape index (κ3) is 4.60. The molecule has 138 valence electrons. The summed E-state index contributed by atoms with van der Waals surface area (Å²) in [6.07, 6.45) is 5.16. The fourth-order valence-corrected chi connectivity index (χ4v) is 2.64. The standard InChI is InChI=1S/C22H26O4/c1-6-9-16-11-12-18(19(13-16)23-4)26-21-15-17(10-7-2)14-20(24-5)22(21)25-8-3/h6-7,11-15H,1-2,8-10H2,3-5H3. The van der Waals surface area contributed by atoms with E-state index in [4.69, 9.17) is 18.9 Å². The molecule has 0 heterocycles. The highest BCUT2D eigenvalue weighted by Gasteiger charge is 2.17. The molecule has 0 aliphatic heterocycles. The van der Waals surface area contributed by atoms with Gasteiger partial charge in [-0.2, -0.15) is 0 Å². The van der Waals surface area contributed by atoms with Gasteiger partial charge in [-0.25, -0.2) is 0 Å². The highest BCUT2D eigenvalue weighted by Crippen LogP contribution is 2.43. The van der Waals surface area contributed by atoms with E-state index in [9.17, 15) is 0 Å². The molecule has 0 N–H and O–H groups in total. The highest BCUT2D eigenvalue weighted by atomic mass is 16.5. The number of benzene rings is 2. The van der Waals surface area contributed by atoms with Gasteiger partial charge in [-0.05, 0) is 55.2 Å². The van der Waals surface area contributed by atoms with Gasteiger partial charge in [0.2, 0.25) is 5.75 Å². The lowest BCUT2D eigenvalue weighted by Gasteiger charge is -2.18. The van der Waals surface area contributed by atoms with Gasteiger partial charge in [-0.15, -0.1) is 13.2 Å². The molecule has 2 rings (SSSR count). The average Bonchev–Trinajstić information content (AvgIpc) is 2.65. The normalized spacial score (nSPS) is 10.1. The molecule has 0 fully saturated rings. The minimum atomic E-state index is 0.503. The van der Waals surface area contributed by atoms with Crippen molar-refractivity contribution >= 4 is 0 Å². The maximum atomic E-state index is 6.16. The third-order valence-corrected chi connectivity index (χ3v) is 3.80. The Labute approximate surface area is 155 Å². The summed E-state index contributed by atoms with van der Waals surface area (Å²) in [5.74, 6) is 3.04. The second kappa shape index (κ2) is 9.56. The fourth-order valence-electron chi connectivity index (χ4n) is 2.64. The van der Waals surface area contributed by atoms with Crippen LogP contribution in [-0.4, -0.2) is 20.8 Å². The Morgan fingerprint density at radius 3 is 2.04 bits per heavy atom. The van der Waals surface area contributed by atoms with E-state index in [0.29, 0.717) is 41.8 Å². The van der Waals surface area contributed by atoms with Crippen molar-refractivity contribution in [2.75, 3.05) is 20.8 Å². The van der Waals surface area contributed by atoms with Crippen LogP contribution in [0.2, 0.25) is 0 Å². The van der Waals surface area contributed by atoms with Gasteiger partial charge in [0.1, 0.15) is 0 Å². The van der Waals surface area contributed by atoms with Crippen LogP contribution in [0.1, 0.15) is 18.1 Å². The van der Waals surface area contributed by atoms with Crippen LogP contribution in [0, 0.1) is 0 Å². The molecule has 0 saturated heterocycles. The molecule has 2 aromatic rings. The van der Waals surface area contributed by atoms with E-state index in [1.165, 1.54) is 0 Å². The van der Waals surface area contributed by atoms with Crippen LogP contribution < -0.4 is 18.9 Å². The second-order valence-corrected chi connectivity index (χ2v) is 5.63. The molecule has 2 aromatic carbocycles. The van der Waals surface area contributed by atoms with Crippen molar-refractivity contribution in [1.82, 2.24) is 0 Å². The van der Waals surface area contributed by atoms with Crippen molar-refractivity contribution in [3.05, 3.63) is 66.8 Å². The summed E-state index contributed by atoms with van der Waals surface area (Å²) in [7, 11) is 3.24. The Morgan fingerprint density at radius 2 is 1.42 bits per heavy atom. The van der Waals surface area contributed by atoms with Crippen LogP contribution in [0.15, 0.2) is 55.6 Å². The second-order valence-electron chi connectivity index (χ2n) is 5.63. The largest absolute Gasteiger partial charge is 0.493 e. The van der Waals surface area contributed by atoms with Crippen LogP contribution in [0.5, 0.6) is 28.7 Å². The smallest absolute Gasteiger partial charge is 0.204 e. The topological polar surface area (TPSA) is 36.9 Å². The summed E-state index contributed by atoms with van der Waals surface area (Å²) in [5.41, 5.74) is 2.13. The van der Waals surface area contributed by atoms with Gasteiger partial charge < -0.3 is 18.9 Å². The van der Waals surface area contributed by atoms with Gasteiger partial charge in [-0.1, -0.05) is 18.2 Å². The zero-order valence-electron chi connectivity index (χ0n) is 15.7. The summed E-state index contributed by atoms with van der Waals surface area (Å²) < 4.78 is 22.9. The van der Waals surface area contributed by atoms with Crippen LogP contribution in [0.3, 0.4) is 0 Å². The third-order valence-electron chi connectivity index (χ3n) is 3.80. The minimum absolute atomic E-state index is 0.503. The molecule has 0 amide bonds. The predicted octanol–water partition coefficient (Wildman–Crippen LogP) is 5.35. The van der Waals surface area contributed by atoms with Crippen molar-refractivity contribution in [2.24, 2.45) is 0 Å². The number of rotatable bonds is 10. The molecular weight excluding hydrogens is 328 g/mol. The monoisotopic (exact) mass is 354 g/mol. The Morgan fingerprint density at radius 1 is 0.808 bits per heavy atom. The molecule has 0 atom stereocenters. The molecule has 0 aliphatic rings. The molecule has 4 heteroatoms. The van der Waals surface area contributed by atoms with E-state index in [2.05, 4.69) is 13.2 Å². The van der Waals surface area contributed by atoms with Crippen LogP contribution in [0.4, 0.5) is 0 Å². The summed E-state index contributed by atoms with van der Waals surface area (Å²) in [5, 5.41) is 0. The first-order valence-electron chi connectivity index (χ1n) is 8.57. The first-order chi connectivity index (χ1) is 12.7. The highest BCUT2D eigenvalue weighted by molar-refractivity contribution is 5.57. The van der Waals surface area contributed by atoms with E-state index in [1.54, 1.807) is 14.2 Å². The van der Waals surface area contributed by atoms with E-state index < -0.39 is 0 Å². The predicted molar refractivity (Wildman–Crippen MR) is 105 cm³/mol. The summed E-state index contributed by atoms with van der Waals surface area (Å²) in [4.78, 5) is 0. The molecular formula is C22H26O4. The van der Waals surface area contributed by atoms with Gasteiger partial charge in [0.15, 0.2) is 23.0 Å². The van der Waals surface area contributed by atoms with Crippen molar-refractivity contribution < 1.29 is 18.9 Å². The maximum absolute atomic E-state index is 6.16. The fraction of sp³-hybridized carbons (Fsp3) is 0.273. The first kappa shape index (κ1) is 19.4. The molecule has 4 nitrogen and oxygen atoms in total. The Kier molecular flexibility index (Phi) is 7.15. The van der Waals surface area contributed by atoms with Gasteiger partial charge in [0.25, 0.3) is 0 Å². The van der Waals surface area contributed by atoms with Gasteiger partial charge in [0.05, 0.1) is 20.8 Å². The minimum Gasteiger partial charge on any atom is -0.493 e. The molecule has 0 aliphatic carbocycles. The van der Waals surface area contributed by atoms with E-state index in [1.807, 2.05) is 49.4 Å². The van der Waals surface area contributed by atoms with Crippen LogP contribution in [0.25, 0.3) is 0 Å². The lowest BCUT2D eigenvalue weighted by Crippen LogP contribution is -2.00. The Hall–Kier alpha value is -2.88. The SMILES string of the molecule is C=CCc1ccc(Oc2cc(CC=C)cc(OC)c2OCC)c(OC)c1. The summed E-state index contributed by atoms with van der Waals surface area (Å²) in [6, 6.07) is 9.70. The number of hydrogen-bond acceptors (Lipinski definition) is 4. The average molecular weight is 354 g/mol. The molecule has 0 unspecified atom stereocenters. The van der Waals surface area contributed by atoms with Crippen molar-refractivity contribution in [3.63, 3.8) is 0 Å². The molecule has 0 saturated carbocycles. The number of hydrogen-bond donors (Lipinski definition) is 0. The lowest BCUT2D eigenvalue weighted by atomic mass is 10.1. The molecule has 0 bridgehead atoms. The Bertz CT molecular complexity index is 765. The zero-order valence-corrected chi connectivity index (χ0v) is 15.7. The van der Waals surface area contributed by atoms with E-state index >= 15 is 0 Å². The molecule has 0 spiro atoms. The maximum Gasteiger partial charge on any atom is 0.204 e. The first-order valence-corrected chi connectivity index (χ1v) is 8.57. The number of ether oxygens (including phenoxy) is 4. The van der Waals surface area contributed by atoms with Crippen molar-refractivity contribution in [3.8, 4) is 28.7 Å². The van der Waals surface area contributed by atoms with Crippen LogP contribution >= 0.6 is 0 Å². The zero-order chi connectivity index (χ0) is 18.9. The molecule has 0 aromatic heterocycles. The van der Waals surface area contributed by atoms with Gasteiger partial charge in [0, 0.05) is 0 Å². The van der Waals surface area contributed by atoms with E-state index in [0.717, 1.165) is 17.5 Å². The quantitative estimate of drug-likeness (QED) is 0.539. The summed E-state index contributed by atoms with van der Waals surface area (Å²) >= 11 is 0. The van der Waals surface area contributed by atoms with Crippen molar-refractivity contribution in [2.45, 2.75) is 19.8 Å². The van der Waals surface area contributed by atoms with Crippen LogP contribution in [-0.2, 0) is 12.8 Å². The van der Waals surface area contributed by atoms with Gasteiger partial charge in [-0.3, -0.25) is 0 Å². The molecule has 26 heavy (non-hydrogen) atoms. The number of methoxy groups -OCH3 is 2. The van der Waals surface area contributed by atoms with Gasteiger partial charge >= 0.3 is 0 Å². The summed E-state index contributed by atoms with van der Waals surface area (Å²) in [6.45, 7) is 9.99. The Balaban J connectivity index is 2.48. The van der Waals surface area contributed by atoms with E-state index in [-0.39, 0.29) is 0 Å². The van der Waals surface area contributed by atoms with Crippen molar-refractivity contribution in [1.29, 1.82) is 0 Å². The number of allylic oxidation sites excluding steroid dienone is 2. The lowest BCUT2D eigenvalue weighted by molar-refractivity contribution is 0.293.